The van der Waals surface area contributed by atoms with Gasteiger partial charge in [0.25, 0.3) is 5.85 Å². The molecule has 1 fully saturated rings. The maximum Gasteiger partial charge on any atom is 0.264 e. The topological polar surface area (TPSA) is 109 Å². The summed E-state index contributed by atoms with van der Waals surface area (Å²) in [4.78, 5) is 0. The Kier molecular flexibility index (Phi) is 5.56. The number of methoxy groups -OCH3 is 1. The summed E-state index contributed by atoms with van der Waals surface area (Å²) in [7, 11) is 1.52. The van der Waals surface area contributed by atoms with E-state index in [1.165, 1.54) is 7.11 Å². The van der Waals surface area contributed by atoms with Crippen LogP contribution in [-0.4, -0.2) is 64.6 Å². The molecule has 1 saturated heterocycles. The van der Waals surface area contributed by atoms with Crippen LogP contribution in [0.2, 0.25) is 0 Å². The number of aliphatic hydroxyl groups excluding tert-OH is 3. The van der Waals surface area contributed by atoms with Crippen molar-refractivity contribution in [2.75, 3.05) is 13.7 Å². The molecule has 1 aromatic rings. The molecule has 1 aliphatic heterocycles. The lowest BCUT2D eigenvalue weighted by Gasteiger charge is -2.44. The maximum absolute atomic E-state index is 14.5. The number of hydrogen-bond donors (Lipinski definition) is 4. The molecular weight excluding hydrogens is 311 g/mol. The Labute approximate surface area is 132 Å². The summed E-state index contributed by atoms with van der Waals surface area (Å²) < 4.78 is 29.6. The highest BCUT2D eigenvalue weighted by Crippen LogP contribution is 2.35. The number of aliphatic hydroxyl groups is 4. The lowest BCUT2D eigenvalue weighted by atomic mass is 9.96. The minimum absolute atomic E-state index is 0.629. The zero-order valence-corrected chi connectivity index (χ0v) is 12.8. The molecule has 4 N–H and O–H groups in total. The van der Waals surface area contributed by atoms with Gasteiger partial charge in [-0.15, -0.1) is 0 Å². The van der Waals surface area contributed by atoms with E-state index in [1.807, 2.05) is 0 Å². The molecule has 1 aliphatic rings. The van der Waals surface area contributed by atoms with Crippen LogP contribution >= 0.6 is 0 Å². The monoisotopic (exact) mass is 332 g/mol. The standard InChI is InChI=1S/C15H21FO7/c1-8(9-3-5-10(21-2)6-4-9)22-13-12(18)14(19)23-11(7-17)15(13,16)20/h3-6,8,11-14,17-20H,7H2,1-2H3/t8?,11-,12-,13+,14?,15+/m1/s1. The molecule has 1 heterocycles. The zero-order valence-electron chi connectivity index (χ0n) is 12.8. The fourth-order valence-corrected chi connectivity index (χ4v) is 2.44. The van der Waals surface area contributed by atoms with E-state index in [2.05, 4.69) is 4.74 Å². The fraction of sp³-hybridized carbons (Fsp3) is 0.600. The van der Waals surface area contributed by atoms with Crippen LogP contribution in [0.4, 0.5) is 4.39 Å². The summed E-state index contributed by atoms with van der Waals surface area (Å²) >= 11 is 0. The van der Waals surface area contributed by atoms with E-state index < -0.39 is 43.2 Å². The van der Waals surface area contributed by atoms with Crippen LogP contribution in [0.1, 0.15) is 18.6 Å². The first-order valence-electron chi connectivity index (χ1n) is 7.14. The molecule has 8 heteroatoms. The highest BCUT2D eigenvalue weighted by atomic mass is 19.2. The Bertz CT molecular complexity index is 507. The normalized spacial score (nSPS) is 35.8. The van der Waals surface area contributed by atoms with Gasteiger partial charge in [-0.1, -0.05) is 12.1 Å². The van der Waals surface area contributed by atoms with Crippen molar-refractivity contribution >= 4 is 0 Å². The minimum atomic E-state index is -3.16. The van der Waals surface area contributed by atoms with Crippen LogP contribution in [0.25, 0.3) is 0 Å². The predicted octanol–water partition coefficient (Wildman–Crippen LogP) is -0.130. The number of alkyl halides is 1. The molecule has 0 aliphatic carbocycles. The first-order chi connectivity index (χ1) is 10.8. The van der Waals surface area contributed by atoms with Gasteiger partial charge in [0.1, 0.15) is 18.0 Å². The van der Waals surface area contributed by atoms with Crippen molar-refractivity contribution in [1.82, 2.24) is 0 Å². The summed E-state index contributed by atoms with van der Waals surface area (Å²) in [5.74, 6) is -2.53. The van der Waals surface area contributed by atoms with Gasteiger partial charge in [0.2, 0.25) is 0 Å². The second kappa shape index (κ2) is 7.08. The van der Waals surface area contributed by atoms with Gasteiger partial charge in [0.15, 0.2) is 12.4 Å². The molecule has 6 atom stereocenters. The van der Waals surface area contributed by atoms with E-state index in [-0.39, 0.29) is 0 Å². The molecule has 0 bridgehead atoms. The van der Waals surface area contributed by atoms with Gasteiger partial charge in [-0.25, -0.2) is 4.39 Å². The average Bonchev–Trinajstić information content (AvgIpc) is 2.55. The lowest BCUT2D eigenvalue weighted by Crippen LogP contribution is -2.65. The zero-order chi connectivity index (χ0) is 17.2. The Morgan fingerprint density at radius 3 is 2.43 bits per heavy atom. The highest BCUT2D eigenvalue weighted by Gasteiger charge is 2.57. The fourth-order valence-electron chi connectivity index (χ4n) is 2.44. The molecule has 2 rings (SSSR count). The Morgan fingerprint density at radius 1 is 1.30 bits per heavy atom. The van der Waals surface area contributed by atoms with E-state index in [0.29, 0.717) is 11.3 Å². The van der Waals surface area contributed by atoms with Crippen molar-refractivity contribution in [1.29, 1.82) is 0 Å². The van der Waals surface area contributed by atoms with Crippen LogP contribution in [0.15, 0.2) is 24.3 Å². The Hall–Kier alpha value is -1.29. The second-order valence-corrected chi connectivity index (χ2v) is 5.39. The molecule has 0 saturated carbocycles. The SMILES string of the molecule is COc1ccc(C(C)O[C@H]2[C@@H](O)C(O)O[C@H](CO)[C@@]2(O)F)cc1. The van der Waals surface area contributed by atoms with Crippen molar-refractivity contribution in [2.45, 2.75) is 43.5 Å². The third kappa shape index (κ3) is 3.63. The molecular formula is C15H21FO7. The minimum Gasteiger partial charge on any atom is -0.497 e. The molecule has 130 valence electrons. The summed E-state index contributed by atoms with van der Waals surface area (Å²) in [6, 6.07) is 6.74. The first kappa shape index (κ1) is 18.1. The van der Waals surface area contributed by atoms with Crippen LogP contribution < -0.4 is 4.74 Å². The van der Waals surface area contributed by atoms with Gasteiger partial charge in [-0.2, -0.15) is 0 Å². The Morgan fingerprint density at radius 2 is 1.91 bits per heavy atom. The maximum atomic E-state index is 14.5. The molecule has 23 heavy (non-hydrogen) atoms. The van der Waals surface area contributed by atoms with Crippen molar-refractivity contribution in [2.24, 2.45) is 0 Å². The predicted molar refractivity (Wildman–Crippen MR) is 76.3 cm³/mol. The third-order valence-corrected chi connectivity index (χ3v) is 3.86. The number of rotatable bonds is 5. The smallest absolute Gasteiger partial charge is 0.264 e. The summed E-state index contributed by atoms with van der Waals surface area (Å²) in [5, 5.41) is 38.4. The molecule has 0 aromatic heterocycles. The van der Waals surface area contributed by atoms with Gasteiger partial charge in [0, 0.05) is 0 Å². The van der Waals surface area contributed by atoms with Gasteiger partial charge >= 0.3 is 0 Å². The summed E-state index contributed by atoms with van der Waals surface area (Å²) in [6.45, 7) is 0.716. The van der Waals surface area contributed by atoms with E-state index in [4.69, 9.17) is 14.6 Å². The molecule has 2 unspecified atom stereocenters. The van der Waals surface area contributed by atoms with Crippen molar-refractivity contribution in [3.8, 4) is 5.75 Å². The third-order valence-electron chi connectivity index (χ3n) is 3.86. The van der Waals surface area contributed by atoms with Gasteiger partial charge < -0.3 is 34.6 Å². The van der Waals surface area contributed by atoms with E-state index in [9.17, 15) is 19.7 Å². The van der Waals surface area contributed by atoms with Gasteiger partial charge in [0.05, 0.1) is 19.8 Å². The van der Waals surface area contributed by atoms with Gasteiger partial charge in [-0.3, -0.25) is 0 Å². The van der Waals surface area contributed by atoms with Crippen molar-refractivity contribution in [3.05, 3.63) is 29.8 Å². The first-order valence-corrected chi connectivity index (χ1v) is 7.14. The molecule has 0 radical (unpaired) electrons. The highest BCUT2D eigenvalue weighted by molar-refractivity contribution is 5.28. The molecule has 0 amide bonds. The second-order valence-electron chi connectivity index (χ2n) is 5.39. The lowest BCUT2D eigenvalue weighted by molar-refractivity contribution is -0.368. The van der Waals surface area contributed by atoms with Crippen LogP contribution in [0.5, 0.6) is 5.75 Å². The summed E-state index contributed by atoms with van der Waals surface area (Å²) in [5.41, 5.74) is 0.648. The number of hydrogen-bond acceptors (Lipinski definition) is 7. The van der Waals surface area contributed by atoms with E-state index >= 15 is 0 Å². The largest absolute Gasteiger partial charge is 0.497 e. The Balaban J connectivity index is 2.17. The van der Waals surface area contributed by atoms with Crippen LogP contribution in [0, 0.1) is 0 Å². The van der Waals surface area contributed by atoms with E-state index in [1.54, 1.807) is 31.2 Å². The van der Waals surface area contributed by atoms with Crippen molar-refractivity contribution < 1.29 is 39.0 Å². The number of halogens is 1. The average molecular weight is 332 g/mol. The van der Waals surface area contributed by atoms with Crippen molar-refractivity contribution in [3.63, 3.8) is 0 Å². The quantitative estimate of drug-likeness (QED) is 0.595. The van der Waals surface area contributed by atoms with Gasteiger partial charge in [-0.05, 0) is 24.6 Å². The number of ether oxygens (including phenoxy) is 3. The number of benzene rings is 1. The van der Waals surface area contributed by atoms with Crippen LogP contribution in [0.3, 0.4) is 0 Å². The molecule has 7 nitrogen and oxygen atoms in total. The van der Waals surface area contributed by atoms with Crippen LogP contribution in [-0.2, 0) is 9.47 Å². The molecule has 1 aromatic carbocycles. The molecule has 0 spiro atoms. The van der Waals surface area contributed by atoms with E-state index in [0.717, 1.165) is 0 Å². The summed E-state index contributed by atoms with van der Waals surface area (Å²) in [6.07, 6.45) is -7.81.